The highest BCUT2D eigenvalue weighted by Gasteiger charge is 2.14. The number of aliphatic hydroxyl groups is 1. The zero-order valence-corrected chi connectivity index (χ0v) is 10.6. The summed E-state index contributed by atoms with van der Waals surface area (Å²) >= 11 is 1.74. The molecule has 0 aromatic carbocycles. The Kier molecular flexibility index (Phi) is 4.36. The Balaban J connectivity index is 1.88. The van der Waals surface area contributed by atoms with Crippen LogP contribution in [0.1, 0.15) is 36.1 Å². The number of thiophene rings is 1. The van der Waals surface area contributed by atoms with Crippen molar-refractivity contribution < 1.29 is 9.52 Å². The normalized spacial score (nSPS) is 14.7. The summed E-state index contributed by atoms with van der Waals surface area (Å²) in [7, 11) is 0. The molecule has 0 spiro atoms. The first-order chi connectivity index (χ1) is 8.31. The Labute approximate surface area is 105 Å². The van der Waals surface area contributed by atoms with Crippen molar-refractivity contribution in [1.82, 2.24) is 5.32 Å². The van der Waals surface area contributed by atoms with Crippen LogP contribution in [0.4, 0.5) is 0 Å². The molecule has 2 aromatic heterocycles. The Hall–Kier alpha value is -1.10. The van der Waals surface area contributed by atoms with Gasteiger partial charge in [-0.3, -0.25) is 0 Å². The molecule has 17 heavy (non-hydrogen) atoms. The predicted octanol–water partition coefficient (Wildman–Crippen LogP) is 3.12. The van der Waals surface area contributed by atoms with Crippen LogP contribution in [0.25, 0.3) is 0 Å². The number of aliphatic hydroxyl groups excluding tert-OH is 1. The number of rotatable bonds is 6. The van der Waals surface area contributed by atoms with Gasteiger partial charge < -0.3 is 14.8 Å². The van der Waals surface area contributed by atoms with Gasteiger partial charge in [-0.1, -0.05) is 13.0 Å². The van der Waals surface area contributed by atoms with E-state index in [0.717, 1.165) is 6.42 Å². The molecular weight excluding hydrogens is 234 g/mol. The summed E-state index contributed by atoms with van der Waals surface area (Å²) in [4.78, 5) is 1.30. The van der Waals surface area contributed by atoms with E-state index in [4.69, 9.17) is 4.42 Å². The van der Waals surface area contributed by atoms with Gasteiger partial charge in [0, 0.05) is 17.5 Å². The number of furan rings is 1. The molecule has 4 heteroatoms. The summed E-state index contributed by atoms with van der Waals surface area (Å²) in [6.07, 6.45) is 2.00. The van der Waals surface area contributed by atoms with Gasteiger partial charge in [0.2, 0.25) is 0 Å². The summed E-state index contributed by atoms with van der Waals surface area (Å²) in [5, 5.41) is 15.3. The summed E-state index contributed by atoms with van der Waals surface area (Å²) in [5.41, 5.74) is 0. The van der Waals surface area contributed by atoms with E-state index in [1.54, 1.807) is 29.7 Å². The van der Waals surface area contributed by atoms with Crippen molar-refractivity contribution in [1.29, 1.82) is 0 Å². The summed E-state index contributed by atoms with van der Waals surface area (Å²) < 4.78 is 5.16. The molecular formula is C13H17NO2S. The maximum atomic E-state index is 9.90. The molecule has 2 aromatic rings. The van der Waals surface area contributed by atoms with Crippen LogP contribution in [0.3, 0.4) is 0 Å². The highest BCUT2D eigenvalue weighted by atomic mass is 32.1. The Bertz CT molecular complexity index is 411. The van der Waals surface area contributed by atoms with Crippen molar-refractivity contribution in [2.45, 2.75) is 25.5 Å². The fourth-order valence-electron chi connectivity index (χ4n) is 1.77. The monoisotopic (exact) mass is 251 g/mol. The van der Waals surface area contributed by atoms with Crippen LogP contribution in [0.5, 0.6) is 0 Å². The SMILES string of the molecule is CCC(NCC(O)c1ccco1)c1cccs1. The van der Waals surface area contributed by atoms with E-state index in [-0.39, 0.29) is 0 Å². The van der Waals surface area contributed by atoms with Crippen molar-refractivity contribution in [3.8, 4) is 0 Å². The molecule has 0 fully saturated rings. The average molecular weight is 251 g/mol. The summed E-state index contributed by atoms with van der Waals surface area (Å²) in [6, 6.07) is 8.05. The van der Waals surface area contributed by atoms with Gasteiger partial charge in [0.25, 0.3) is 0 Å². The topological polar surface area (TPSA) is 45.4 Å². The molecule has 0 saturated carbocycles. The highest BCUT2D eigenvalue weighted by molar-refractivity contribution is 7.10. The molecule has 0 bridgehead atoms. The minimum absolute atomic E-state index is 0.305. The molecule has 2 atom stereocenters. The quantitative estimate of drug-likeness (QED) is 0.829. The first-order valence-corrected chi connectivity index (χ1v) is 6.67. The zero-order valence-electron chi connectivity index (χ0n) is 9.80. The molecule has 0 radical (unpaired) electrons. The van der Waals surface area contributed by atoms with Crippen LogP contribution in [0.15, 0.2) is 40.3 Å². The summed E-state index contributed by atoms with van der Waals surface area (Å²) in [5.74, 6) is 0.610. The molecule has 0 aliphatic heterocycles. The lowest BCUT2D eigenvalue weighted by Gasteiger charge is -2.17. The fourth-order valence-corrected chi connectivity index (χ4v) is 2.66. The van der Waals surface area contributed by atoms with E-state index in [1.807, 2.05) is 6.07 Å². The lowest BCUT2D eigenvalue weighted by Crippen LogP contribution is -2.25. The molecule has 92 valence electrons. The molecule has 0 aliphatic rings. The maximum Gasteiger partial charge on any atom is 0.133 e. The Morgan fingerprint density at radius 1 is 1.41 bits per heavy atom. The van der Waals surface area contributed by atoms with Crippen molar-refractivity contribution in [3.63, 3.8) is 0 Å². The largest absolute Gasteiger partial charge is 0.467 e. The molecule has 3 nitrogen and oxygen atoms in total. The molecule has 2 unspecified atom stereocenters. The zero-order chi connectivity index (χ0) is 12.1. The molecule has 0 amide bonds. The first kappa shape index (κ1) is 12.4. The van der Waals surface area contributed by atoms with Crippen molar-refractivity contribution >= 4 is 11.3 Å². The molecule has 0 aliphatic carbocycles. The van der Waals surface area contributed by atoms with Crippen molar-refractivity contribution in [3.05, 3.63) is 46.5 Å². The van der Waals surface area contributed by atoms with Crippen LogP contribution in [-0.4, -0.2) is 11.7 Å². The van der Waals surface area contributed by atoms with Crippen LogP contribution in [0, 0.1) is 0 Å². The average Bonchev–Trinajstić information content (AvgIpc) is 3.02. The maximum absolute atomic E-state index is 9.90. The second-order valence-corrected chi connectivity index (χ2v) is 4.89. The second kappa shape index (κ2) is 6.00. The molecule has 2 N–H and O–H groups in total. The van der Waals surface area contributed by atoms with E-state index < -0.39 is 6.10 Å². The smallest absolute Gasteiger partial charge is 0.133 e. The minimum Gasteiger partial charge on any atom is -0.467 e. The van der Waals surface area contributed by atoms with Crippen LogP contribution in [-0.2, 0) is 0 Å². The van der Waals surface area contributed by atoms with Gasteiger partial charge in [-0.2, -0.15) is 0 Å². The fraction of sp³-hybridized carbons (Fsp3) is 0.385. The van der Waals surface area contributed by atoms with Crippen LogP contribution >= 0.6 is 11.3 Å². The van der Waals surface area contributed by atoms with E-state index in [2.05, 4.69) is 23.7 Å². The highest BCUT2D eigenvalue weighted by Crippen LogP contribution is 2.22. The molecule has 2 heterocycles. The molecule has 2 rings (SSSR count). The van der Waals surface area contributed by atoms with Gasteiger partial charge in [-0.05, 0) is 30.0 Å². The number of hydrogen-bond acceptors (Lipinski definition) is 4. The third-order valence-electron chi connectivity index (χ3n) is 2.72. The van der Waals surface area contributed by atoms with Gasteiger partial charge in [-0.15, -0.1) is 11.3 Å². The second-order valence-electron chi connectivity index (χ2n) is 3.92. The summed E-state index contributed by atoms with van der Waals surface area (Å²) in [6.45, 7) is 2.64. The van der Waals surface area contributed by atoms with Crippen molar-refractivity contribution in [2.24, 2.45) is 0 Å². The Morgan fingerprint density at radius 3 is 2.88 bits per heavy atom. The van der Waals surface area contributed by atoms with E-state index in [9.17, 15) is 5.11 Å². The van der Waals surface area contributed by atoms with Crippen molar-refractivity contribution in [2.75, 3.05) is 6.54 Å². The van der Waals surface area contributed by atoms with Crippen LogP contribution in [0.2, 0.25) is 0 Å². The minimum atomic E-state index is -0.584. The number of nitrogens with one attached hydrogen (secondary N) is 1. The Morgan fingerprint density at radius 2 is 2.29 bits per heavy atom. The number of hydrogen-bond donors (Lipinski definition) is 2. The first-order valence-electron chi connectivity index (χ1n) is 5.79. The lowest BCUT2D eigenvalue weighted by atomic mass is 10.1. The van der Waals surface area contributed by atoms with Gasteiger partial charge in [-0.25, -0.2) is 0 Å². The van der Waals surface area contributed by atoms with E-state index >= 15 is 0 Å². The third-order valence-corrected chi connectivity index (χ3v) is 3.71. The lowest BCUT2D eigenvalue weighted by molar-refractivity contribution is 0.143. The standard InChI is InChI=1S/C13H17NO2S/c1-2-10(13-6-4-8-17-13)14-9-11(15)12-5-3-7-16-12/h3-8,10-11,14-15H,2,9H2,1H3. The van der Waals surface area contributed by atoms with E-state index in [0.29, 0.717) is 18.3 Å². The predicted molar refractivity (Wildman–Crippen MR) is 69.0 cm³/mol. The van der Waals surface area contributed by atoms with E-state index in [1.165, 1.54) is 4.88 Å². The molecule has 0 saturated heterocycles. The van der Waals surface area contributed by atoms with Gasteiger partial charge in [0.15, 0.2) is 0 Å². The third kappa shape index (κ3) is 3.19. The van der Waals surface area contributed by atoms with Gasteiger partial charge in [0.1, 0.15) is 11.9 Å². The van der Waals surface area contributed by atoms with Gasteiger partial charge >= 0.3 is 0 Å². The van der Waals surface area contributed by atoms with Crippen LogP contribution < -0.4 is 5.32 Å². The van der Waals surface area contributed by atoms with Gasteiger partial charge in [0.05, 0.1) is 6.26 Å².